The molecule has 66 valence electrons. The molecule has 1 heterocycles. The van der Waals surface area contributed by atoms with E-state index >= 15 is 0 Å². The Kier molecular flexibility index (Phi) is 3.51. The van der Waals surface area contributed by atoms with Crippen LogP contribution in [0.3, 0.4) is 0 Å². The van der Waals surface area contributed by atoms with Crippen LogP contribution in [-0.2, 0) is 0 Å². The molecule has 0 amide bonds. The SMILES string of the molecule is CC(C)CCOc1ncccn1. The summed E-state index contributed by atoms with van der Waals surface area (Å²) >= 11 is 0. The van der Waals surface area contributed by atoms with Gasteiger partial charge in [0.1, 0.15) is 0 Å². The van der Waals surface area contributed by atoms with Gasteiger partial charge < -0.3 is 4.74 Å². The fourth-order valence-corrected chi connectivity index (χ4v) is 0.746. The Labute approximate surface area is 72.8 Å². The van der Waals surface area contributed by atoms with E-state index < -0.39 is 0 Å². The van der Waals surface area contributed by atoms with E-state index in [0.29, 0.717) is 18.5 Å². The summed E-state index contributed by atoms with van der Waals surface area (Å²) in [7, 11) is 0. The first-order valence-corrected chi connectivity index (χ1v) is 4.19. The maximum atomic E-state index is 5.29. The molecule has 0 aliphatic heterocycles. The average molecular weight is 166 g/mol. The molecule has 12 heavy (non-hydrogen) atoms. The van der Waals surface area contributed by atoms with Crippen LogP contribution in [0.25, 0.3) is 0 Å². The van der Waals surface area contributed by atoms with Gasteiger partial charge >= 0.3 is 6.01 Å². The van der Waals surface area contributed by atoms with Crippen LogP contribution in [0.2, 0.25) is 0 Å². The molecule has 0 fully saturated rings. The fourth-order valence-electron chi connectivity index (χ4n) is 0.746. The third kappa shape index (κ3) is 3.32. The highest BCUT2D eigenvalue weighted by molar-refractivity contribution is 4.92. The topological polar surface area (TPSA) is 35.0 Å². The van der Waals surface area contributed by atoms with Gasteiger partial charge in [0.2, 0.25) is 0 Å². The molecule has 1 rings (SSSR count). The zero-order chi connectivity index (χ0) is 8.81. The van der Waals surface area contributed by atoms with Crippen LogP contribution in [0.15, 0.2) is 18.5 Å². The second-order valence-electron chi connectivity index (χ2n) is 3.06. The molecule has 1 aromatic heterocycles. The minimum atomic E-state index is 0.471. The molecule has 0 spiro atoms. The summed E-state index contributed by atoms with van der Waals surface area (Å²) < 4.78 is 5.29. The van der Waals surface area contributed by atoms with Crippen LogP contribution in [0.1, 0.15) is 20.3 Å². The number of nitrogens with zero attached hydrogens (tertiary/aromatic N) is 2. The first kappa shape index (κ1) is 8.97. The summed E-state index contributed by atoms with van der Waals surface area (Å²) in [4.78, 5) is 7.88. The van der Waals surface area contributed by atoms with E-state index in [2.05, 4.69) is 23.8 Å². The maximum Gasteiger partial charge on any atom is 0.316 e. The monoisotopic (exact) mass is 166 g/mol. The van der Waals surface area contributed by atoms with Gasteiger partial charge in [-0.3, -0.25) is 0 Å². The molecule has 0 N–H and O–H groups in total. The zero-order valence-electron chi connectivity index (χ0n) is 7.53. The van der Waals surface area contributed by atoms with Gasteiger partial charge in [-0.2, -0.15) is 0 Å². The Hall–Kier alpha value is -1.12. The standard InChI is InChI=1S/C9H14N2O/c1-8(2)4-7-12-9-10-5-3-6-11-9/h3,5-6,8H,4,7H2,1-2H3. The third-order valence-electron chi connectivity index (χ3n) is 1.47. The lowest BCUT2D eigenvalue weighted by atomic mass is 10.1. The number of aromatic nitrogens is 2. The predicted molar refractivity (Wildman–Crippen MR) is 47.0 cm³/mol. The van der Waals surface area contributed by atoms with Crippen molar-refractivity contribution < 1.29 is 4.74 Å². The smallest absolute Gasteiger partial charge is 0.316 e. The van der Waals surface area contributed by atoms with Crippen molar-refractivity contribution in [2.45, 2.75) is 20.3 Å². The summed E-state index contributed by atoms with van der Waals surface area (Å²) in [6.07, 6.45) is 4.40. The lowest BCUT2D eigenvalue weighted by molar-refractivity contribution is 0.268. The number of hydrogen-bond donors (Lipinski definition) is 0. The summed E-state index contributed by atoms with van der Waals surface area (Å²) in [5.41, 5.74) is 0. The second kappa shape index (κ2) is 4.70. The molecule has 0 radical (unpaired) electrons. The molecular weight excluding hydrogens is 152 g/mol. The quantitative estimate of drug-likeness (QED) is 0.685. The van der Waals surface area contributed by atoms with Crippen molar-refractivity contribution in [2.24, 2.45) is 5.92 Å². The normalized spacial score (nSPS) is 10.2. The van der Waals surface area contributed by atoms with Crippen LogP contribution < -0.4 is 4.74 Å². The van der Waals surface area contributed by atoms with Gasteiger partial charge in [-0.15, -0.1) is 0 Å². The maximum absolute atomic E-state index is 5.29. The van der Waals surface area contributed by atoms with Gasteiger partial charge in [0.15, 0.2) is 0 Å². The Morgan fingerprint density at radius 1 is 1.33 bits per heavy atom. The molecule has 3 nitrogen and oxygen atoms in total. The van der Waals surface area contributed by atoms with Gasteiger partial charge in [0.05, 0.1) is 6.61 Å². The molecule has 1 aromatic rings. The van der Waals surface area contributed by atoms with E-state index in [1.165, 1.54) is 0 Å². The van der Waals surface area contributed by atoms with Crippen LogP contribution in [-0.4, -0.2) is 16.6 Å². The van der Waals surface area contributed by atoms with Crippen molar-refractivity contribution in [1.29, 1.82) is 0 Å². The van der Waals surface area contributed by atoms with Crippen molar-refractivity contribution in [3.8, 4) is 6.01 Å². The molecule has 0 saturated heterocycles. The molecule has 0 aromatic carbocycles. The molecule has 0 saturated carbocycles. The largest absolute Gasteiger partial charge is 0.463 e. The molecule has 0 bridgehead atoms. The van der Waals surface area contributed by atoms with Gasteiger partial charge in [-0.1, -0.05) is 13.8 Å². The number of ether oxygens (including phenoxy) is 1. The summed E-state index contributed by atoms with van der Waals surface area (Å²) in [6, 6.07) is 2.24. The summed E-state index contributed by atoms with van der Waals surface area (Å²) in [6.45, 7) is 5.02. The van der Waals surface area contributed by atoms with Crippen LogP contribution in [0.5, 0.6) is 6.01 Å². The van der Waals surface area contributed by atoms with E-state index in [1.54, 1.807) is 18.5 Å². The lowest BCUT2D eigenvalue weighted by Crippen LogP contribution is -2.03. The molecular formula is C9H14N2O. The number of hydrogen-bond acceptors (Lipinski definition) is 3. The van der Waals surface area contributed by atoms with E-state index in [-0.39, 0.29) is 0 Å². The Morgan fingerprint density at radius 2 is 2.00 bits per heavy atom. The Balaban J connectivity index is 2.25. The third-order valence-corrected chi connectivity index (χ3v) is 1.47. The van der Waals surface area contributed by atoms with E-state index in [4.69, 9.17) is 4.74 Å². The zero-order valence-corrected chi connectivity index (χ0v) is 7.53. The van der Waals surface area contributed by atoms with E-state index in [9.17, 15) is 0 Å². The molecule has 0 unspecified atom stereocenters. The highest BCUT2D eigenvalue weighted by Crippen LogP contribution is 2.02. The van der Waals surface area contributed by atoms with Crippen LogP contribution >= 0.6 is 0 Å². The number of rotatable bonds is 4. The molecule has 0 aliphatic rings. The first-order valence-electron chi connectivity index (χ1n) is 4.19. The molecule has 3 heteroatoms. The van der Waals surface area contributed by atoms with Gasteiger partial charge in [0.25, 0.3) is 0 Å². The lowest BCUT2D eigenvalue weighted by Gasteiger charge is -2.04. The van der Waals surface area contributed by atoms with Crippen molar-refractivity contribution in [3.05, 3.63) is 18.5 Å². The molecule has 0 aliphatic carbocycles. The van der Waals surface area contributed by atoms with Gasteiger partial charge in [-0.05, 0) is 18.4 Å². The minimum absolute atomic E-state index is 0.471. The van der Waals surface area contributed by atoms with Crippen molar-refractivity contribution in [3.63, 3.8) is 0 Å². The Morgan fingerprint density at radius 3 is 2.58 bits per heavy atom. The summed E-state index contributed by atoms with van der Waals surface area (Å²) in [5.74, 6) is 0.661. The van der Waals surface area contributed by atoms with Gasteiger partial charge in [-0.25, -0.2) is 9.97 Å². The van der Waals surface area contributed by atoms with Crippen molar-refractivity contribution >= 4 is 0 Å². The van der Waals surface area contributed by atoms with Crippen LogP contribution in [0.4, 0.5) is 0 Å². The second-order valence-corrected chi connectivity index (χ2v) is 3.06. The van der Waals surface area contributed by atoms with E-state index in [1.807, 2.05) is 0 Å². The fraction of sp³-hybridized carbons (Fsp3) is 0.556. The predicted octanol–water partition coefficient (Wildman–Crippen LogP) is 1.90. The Bertz CT molecular complexity index is 211. The van der Waals surface area contributed by atoms with Crippen molar-refractivity contribution in [1.82, 2.24) is 9.97 Å². The first-order chi connectivity index (χ1) is 5.79. The average Bonchev–Trinajstić information content (AvgIpc) is 2.05. The highest BCUT2D eigenvalue weighted by Gasteiger charge is 1.96. The highest BCUT2D eigenvalue weighted by atomic mass is 16.5. The molecule has 0 atom stereocenters. The van der Waals surface area contributed by atoms with E-state index in [0.717, 1.165) is 6.42 Å². The van der Waals surface area contributed by atoms with Crippen molar-refractivity contribution in [2.75, 3.05) is 6.61 Å². The van der Waals surface area contributed by atoms with Gasteiger partial charge in [0, 0.05) is 12.4 Å². The summed E-state index contributed by atoms with van der Waals surface area (Å²) in [5, 5.41) is 0. The minimum Gasteiger partial charge on any atom is -0.463 e. The van der Waals surface area contributed by atoms with Crippen LogP contribution in [0, 0.1) is 5.92 Å².